The maximum Gasteiger partial charge on any atom is 0.124 e. The number of hydrogen-bond donors (Lipinski definition) is 1. The van der Waals surface area contributed by atoms with Crippen molar-refractivity contribution in [3.8, 4) is 5.75 Å². The van der Waals surface area contributed by atoms with Crippen LogP contribution in [0.25, 0.3) is 0 Å². The third-order valence-electron chi connectivity index (χ3n) is 2.38. The number of halogens is 1. The largest absolute Gasteiger partial charge is 0.491 e. The lowest BCUT2D eigenvalue weighted by Gasteiger charge is -2.21. The van der Waals surface area contributed by atoms with Gasteiger partial charge in [0.1, 0.15) is 12.4 Å². The molecule has 0 saturated heterocycles. The average Bonchev–Trinajstić information content (AvgIpc) is 2.28. The topological polar surface area (TPSA) is 30.5 Å². The molecular formula is C14H22ClNO2. The van der Waals surface area contributed by atoms with Gasteiger partial charge in [0.15, 0.2) is 0 Å². The second-order valence-corrected chi connectivity index (χ2v) is 5.63. The molecule has 18 heavy (non-hydrogen) atoms. The first-order chi connectivity index (χ1) is 8.42. The lowest BCUT2D eigenvalue weighted by molar-refractivity contribution is 0.145. The standard InChI is InChI=1S/C14H22ClNO2/c1-14(2,3)16-10-11-9-12(15)5-6-13(11)18-8-7-17-4/h5-6,9,16H,7-8,10H2,1-4H3. The van der Waals surface area contributed by atoms with Gasteiger partial charge >= 0.3 is 0 Å². The summed E-state index contributed by atoms with van der Waals surface area (Å²) in [6.45, 7) is 8.23. The molecule has 1 rings (SSSR count). The number of ether oxygens (including phenoxy) is 2. The molecule has 0 bridgehead atoms. The predicted octanol–water partition coefficient (Wildman–Crippen LogP) is 3.25. The molecule has 0 aliphatic carbocycles. The lowest BCUT2D eigenvalue weighted by atomic mass is 10.1. The predicted molar refractivity (Wildman–Crippen MR) is 75.4 cm³/mol. The zero-order valence-electron chi connectivity index (χ0n) is 11.5. The van der Waals surface area contributed by atoms with Crippen molar-refractivity contribution in [3.63, 3.8) is 0 Å². The van der Waals surface area contributed by atoms with E-state index in [0.717, 1.165) is 22.9 Å². The van der Waals surface area contributed by atoms with Gasteiger partial charge in [-0.2, -0.15) is 0 Å². The summed E-state index contributed by atoms with van der Waals surface area (Å²) in [5, 5.41) is 4.15. The summed E-state index contributed by atoms with van der Waals surface area (Å²) in [5.41, 5.74) is 1.13. The van der Waals surface area contributed by atoms with Crippen molar-refractivity contribution in [3.05, 3.63) is 28.8 Å². The van der Waals surface area contributed by atoms with Crippen LogP contribution in [0.2, 0.25) is 5.02 Å². The molecule has 0 fully saturated rings. The van der Waals surface area contributed by atoms with E-state index in [2.05, 4.69) is 26.1 Å². The van der Waals surface area contributed by atoms with Crippen LogP contribution in [-0.2, 0) is 11.3 Å². The van der Waals surface area contributed by atoms with Crippen LogP contribution >= 0.6 is 11.6 Å². The molecular weight excluding hydrogens is 250 g/mol. The molecule has 0 saturated carbocycles. The molecule has 3 nitrogen and oxygen atoms in total. The molecule has 0 heterocycles. The summed E-state index contributed by atoms with van der Waals surface area (Å²) >= 11 is 6.02. The van der Waals surface area contributed by atoms with Gasteiger partial charge in [-0.3, -0.25) is 0 Å². The third kappa shape index (κ3) is 5.71. The van der Waals surface area contributed by atoms with Crippen LogP contribution in [0, 0.1) is 0 Å². The fourth-order valence-electron chi connectivity index (χ4n) is 1.42. The quantitative estimate of drug-likeness (QED) is 0.806. The fourth-order valence-corrected chi connectivity index (χ4v) is 1.62. The molecule has 4 heteroatoms. The maximum atomic E-state index is 6.02. The first-order valence-electron chi connectivity index (χ1n) is 6.07. The monoisotopic (exact) mass is 271 g/mol. The molecule has 1 aromatic carbocycles. The van der Waals surface area contributed by atoms with E-state index < -0.39 is 0 Å². The van der Waals surface area contributed by atoms with Crippen LogP contribution in [0.15, 0.2) is 18.2 Å². The highest BCUT2D eigenvalue weighted by Gasteiger charge is 2.11. The van der Waals surface area contributed by atoms with Gasteiger partial charge in [-0.15, -0.1) is 0 Å². The minimum atomic E-state index is 0.0616. The van der Waals surface area contributed by atoms with Crippen LogP contribution < -0.4 is 10.1 Å². The number of methoxy groups -OCH3 is 1. The molecule has 102 valence electrons. The van der Waals surface area contributed by atoms with E-state index in [9.17, 15) is 0 Å². The molecule has 0 unspecified atom stereocenters. The highest BCUT2D eigenvalue weighted by atomic mass is 35.5. The van der Waals surface area contributed by atoms with Crippen molar-refractivity contribution < 1.29 is 9.47 Å². The minimum absolute atomic E-state index is 0.0616. The van der Waals surface area contributed by atoms with Gasteiger partial charge in [0.05, 0.1) is 6.61 Å². The summed E-state index contributed by atoms with van der Waals surface area (Å²) in [7, 11) is 1.66. The number of hydrogen-bond acceptors (Lipinski definition) is 3. The Labute approximate surface area is 114 Å². The molecule has 1 aromatic rings. The lowest BCUT2D eigenvalue weighted by Crippen LogP contribution is -2.35. The van der Waals surface area contributed by atoms with Gasteiger partial charge in [-0.25, -0.2) is 0 Å². The number of nitrogens with one attached hydrogen (secondary N) is 1. The summed E-state index contributed by atoms with van der Waals surface area (Å²) in [6.07, 6.45) is 0. The number of rotatable bonds is 6. The molecule has 0 spiro atoms. The SMILES string of the molecule is COCCOc1ccc(Cl)cc1CNC(C)(C)C. The van der Waals surface area contributed by atoms with Crippen LogP contribution in [0.3, 0.4) is 0 Å². The Kier molecular flexibility index (Phi) is 5.93. The van der Waals surface area contributed by atoms with Crippen molar-refractivity contribution in [2.24, 2.45) is 0 Å². The summed E-state index contributed by atoms with van der Waals surface area (Å²) in [6, 6.07) is 5.67. The van der Waals surface area contributed by atoms with E-state index >= 15 is 0 Å². The Bertz CT molecular complexity index is 375. The zero-order valence-corrected chi connectivity index (χ0v) is 12.3. The van der Waals surface area contributed by atoms with E-state index in [4.69, 9.17) is 21.1 Å². The second-order valence-electron chi connectivity index (χ2n) is 5.20. The Hall–Kier alpha value is -0.770. The summed E-state index contributed by atoms with van der Waals surface area (Å²) in [4.78, 5) is 0. The molecule has 0 aromatic heterocycles. The van der Waals surface area contributed by atoms with Crippen molar-refractivity contribution in [2.45, 2.75) is 32.9 Å². The Morgan fingerprint density at radius 3 is 2.56 bits per heavy atom. The van der Waals surface area contributed by atoms with Gasteiger partial charge in [0.2, 0.25) is 0 Å². The van der Waals surface area contributed by atoms with Crippen LogP contribution in [0.1, 0.15) is 26.3 Å². The zero-order chi connectivity index (χ0) is 13.6. The molecule has 1 N–H and O–H groups in total. The van der Waals surface area contributed by atoms with Crippen LogP contribution in [0.4, 0.5) is 0 Å². The Morgan fingerprint density at radius 1 is 1.22 bits per heavy atom. The molecule has 0 amide bonds. The average molecular weight is 272 g/mol. The highest BCUT2D eigenvalue weighted by molar-refractivity contribution is 6.30. The normalized spacial score (nSPS) is 11.6. The van der Waals surface area contributed by atoms with E-state index in [1.54, 1.807) is 7.11 Å². The molecule has 0 aliphatic rings. The highest BCUT2D eigenvalue weighted by Crippen LogP contribution is 2.23. The van der Waals surface area contributed by atoms with Crippen molar-refractivity contribution >= 4 is 11.6 Å². The first-order valence-corrected chi connectivity index (χ1v) is 6.45. The minimum Gasteiger partial charge on any atom is -0.491 e. The van der Waals surface area contributed by atoms with Crippen molar-refractivity contribution in [2.75, 3.05) is 20.3 Å². The van der Waals surface area contributed by atoms with Gasteiger partial charge in [0, 0.05) is 29.8 Å². The molecule has 0 aliphatic heterocycles. The Balaban J connectivity index is 2.70. The smallest absolute Gasteiger partial charge is 0.124 e. The van der Waals surface area contributed by atoms with Gasteiger partial charge in [-0.1, -0.05) is 11.6 Å². The fraction of sp³-hybridized carbons (Fsp3) is 0.571. The number of benzene rings is 1. The molecule has 0 atom stereocenters. The van der Waals surface area contributed by atoms with Crippen molar-refractivity contribution in [1.29, 1.82) is 0 Å². The van der Waals surface area contributed by atoms with E-state index in [-0.39, 0.29) is 5.54 Å². The van der Waals surface area contributed by atoms with Crippen LogP contribution in [0.5, 0.6) is 5.75 Å². The van der Waals surface area contributed by atoms with E-state index in [1.165, 1.54) is 0 Å². The summed E-state index contributed by atoms with van der Waals surface area (Å²) in [5.74, 6) is 0.855. The van der Waals surface area contributed by atoms with Gasteiger partial charge in [0.25, 0.3) is 0 Å². The van der Waals surface area contributed by atoms with Crippen LogP contribution in [-0.4, -0.2) is 25.9 Å². The van der Waals surface area contributed by atoms with E-state index in [0.29, 0.717) is 13.2 Å². The summed E-state index contributed by atoms with van der Waals surface area (Å²) < 4.78 is 10.6. The Morgan fingerprint density at radius 2 is 1.94 bits per heavy atom. The maximum absolute atomic E-state index is 6.02. The van der Waals surface area contributed by atoms with E-state index in [1.807, 2.05) is 18.2 Å². The van der Waals surface area contributed by atoms with Gasteiger partial charge < -0.3 is 14.8 Å². The van der Waals surface area contributed by atoms with Gasteiger partial charge in [-0.05, 0) is 39.0 Å². The molecule has 0 radical (unpaired) electrons. The second kappa shape index (κ2) is 6.98. The first kappa shape index (κ1) is 15.3. The van der Waals surface area contributed by atoms with Crippen molar-refractivity contribution in [1.82, 2.24) is 5.32 Å². The third-order valence-corrected chi connectivity index (χ3v) is 2.61.